The Morgan fingerprint density at radius 1 is 1.50 bits per heavy atom. The molecule has 1 aliphatic rings. The quantitative estimate of drug-likeness (QED) is 0.897. The average molecular weight is 294 g/mol. The van der Waals surface area contributed by atoms with Gasteiger partial charge in [0.05, 0.1) is 5.39 Å². The van der Waals surface area contributed by atoms with E-state index in [1.165, 1.54) is 15.9 Å². The molecule has 0 aromatic carbocycles. The van der Waals surface area contributed by atoms with E-state index in [1.807, 2.05) is 12.3 Å². The highest BCUT2D eigenvalue weighted by Crippen LogP contribution is 2.38. The van der Waals surface area contributed by atoms with Gasteiger partial charge in [0.1, 0.15) is 4.83 Å². The molecule has 0 amide bonds. The lowest BCUT2D eigenvalue weighted by Crippen LogP contribution is -2.43. The molecule has 3 rings (SSSR count). The van der Waals surface area contributed by atoms with E-state index in [1.54, 1.807) is 0 Å². The van der Waals surface area contributed by atoms with Gasteiger partial charge in [0, 0.05) is 12.5 Å². The molecule has 1 fully saturated rings. The van der Waals surface area contributed by atoms with E-state index in [4.69, 9.17) is 5.11 Å². The largest absolute Gasteiger partial charge is 0.481 e. The third-order valence-electron chi connectivity index (χ3n) is 3.89. The number of carboxylic acid groups (broad SMARTS) is 1. The minimum Gasteiger partial charge on any atom is -0.481 e. The molecule has 0 bridgehead atoms. The number of aliphatic carboxylic acids is 1. The van der Waals surface area contributed by atoms with Gasteiger partial charge in [-0.3, -0.25) is 19.1 Å². The third-order valence-corrected chi connectivity index (χ3v) is 4.90. The summed E-state index contributed by atoms with van der Waals surface area (Å²) in [6.07, 6.45) is 1.25. The molecular formula is C13H14N2O4S. The lowest BCUT2D eigenvalue weighted by atomic mass is 9.78. The molecule has 20 heavy (non-hydrogen) atoms. The van der Waals surface area contributed by atoms with Gasteiger partial charge in [-0.25, -0.2) is 4.79 Å². The maximum Gasteiger partial charge on any atom is 0.329 e. The zero-order valence-electron chi connectivity index (χ0n) is 10.9. The van der Waals surface area contributed by atoms with Crippen molar-refractivity contribution in [2.75, 3.05) is 0 Å². The van der Waals surface area contributed by atoms with Crippen molar-refractivity contribution in [3.63, 3.8) is 0 Å². The SMILES string of the molecule is Cc1csc2[nH]c(=O)n(C3CC(CC(=O)O)C3)c(=O)c12. The van der Waals surface area contributed by atoms with Crippen molar-refractivity contribution in [2.45, 2.75) is 32.2 Å². The molecule has 0 atom stereocenters. The molecule has 0 spiro atoms. The normalized spacial score (nSPS) is 21.9. The molecular weight excluding hydrogens is 280 g/mol. The number of nitrogens with zero attached hydrogens (tertiary/aromatic N) is 1. The second-order valence-corrected chi connectivity index (χ2v) is 6.20. The lowest BCUT2D eigenvalue weighted by molar-refractivity contribution is -0.139. The first-order chi connectivity index (χ1) is 9.47. The maximum atomic E-state index is 12.4. The Morgan fingerprint density at radius 3 is 2.85 bits per heavy atom. The number of thiophene rings is 1. The number of aryl methyl sites for hydroxylation is 1. The molecule has 2 heterocycles. The molecule has 2 N–H and O–H groups in total. The van der Waals surface area contributed by atoms with Crippen LogP contribution in [0.1, 0.15) is 30.9 Å². The molecule has 2 aromatic heterocycles. The average Bonchev–Trinajstić information content (AvgIpc) is 2.66. The molecule has 6 nitrogen and oxygen atoms in total. The van der Waals surface area contributed by atoms with Crippen LogP contribution in [0.15, 0.2) is 15.0 Å². The number of nitrogens with one attached hydrogen (secondary N) is 1. The van der Waals surface area contributed by atoms with Gasteiger partial charge in [-0.15, -0.1) is 11.3 Å². The van der Waals surface area contributed by atoms with Crippen molar-refractivity contribution in [1.29, 1.82) is 0 Å². The number of hydrogen-bond acceptors (Lipinski definition) is 4. The van der Waals surface area contributed by atoms with Crippen LogP contribution >= 0.6 is 11.3 Å². The van der Waals surface area contributed by atoms with Gasteiger partial charge in [-0.1, -0.05) is 0 Å². The highest BCUT2D eigenvalue weighted by atomic mass is 32.1. The fourth-order valence-electron chi connectivity index (χ4n) is 2.83. The number of carboxylic acids is 1. The van der Waals surface area contributed by atoms with Crippen LogP contribution in [-0.2, 0) is 4.79 Å². The van der Waals surface area contributed by atoms with Crippen molar-refractivity contribution < 1.29 is 9.90 Å². The molecule has 1 saturated carbocycles. The van der Waals surface area contributed by atoms with Gasteiger partial charge >= 0.3 is 11.7 Å². The van der Waals surface area contributed by atoms with Crippen molar-refractivity contribution in [2.24, 2.45) is 5.92 Å². The summed E-state index contributed by atoms with van der Waals surface area (Å²) in [7, 11) is 0. The number of aromatic amines is 1. The first-order valence-electron chi connectivity index (χ1n) is 6.41. The van der Waals surface area contributed by atoms with Gasteiger partial charge < -0.3 is 5.11 Å². The van der Waals surface area contributed by atoms with Crippen LogP contribution in [0, 0.1) is 12.8 Å². The molecule has 2 aromatic rings. The minimum absolute atomic E-state index is 0.0584. The topological polar surface area (TPSA) is 92.2 Å². The Kier molecular flexibility index (Phi) is 3.01. The fourth-order valence-corrected chi connectivity index (χ4v) is 3.75. The van der Waals surface area contributed by atoms with E-state index in [0.717, 1.165) is 5.56 Å². The predicted molar refractivity (Wildman–Crippen MR) is 75.5 cm³/mol. The molecule has 0 radical (unpaired) electrons. The van der Waals surface area contributed by atoms with E-state index in [-0.39, 0.29) is 23.9 Å². The van der Waals surface area contributed by atoms with Gasteiger partial charge in [0.25, 0.3) is 5.56 Å². The van der Waals surface area contributed by atoms with Crippen LogP contribution in [0.25, 0.3) is 10.2 Å². The Morgan fingerprint density at radius 2 is 2.20 bits per heavy atom. The van der Waals surface area contributed by atoms with E-state index in [0.29, 0.717) is 23.1 Å². The number of carbonyl (C=O) groups is 1. The van der Waals surface area contributed by atoms with E-state index < -0.39 is 11.7 Å². The van der Waals surface area contributed by atoms with Crippen LogP contribution in [0.2, 0.25) is 0 Å². The number of H-pyrrole nitrogens is 1. The van der Waals surface area contributed by atoms with Crippen molar-refractivity contribution in [3.05, 3.63) is 31.8 Å². The summed E-state index contributed by atoms with van der Waals surface area (Å²) < 4.78 is 1.25. The Labute approximate surface area is 117 Å². The Bertz CT molecular complexity index is 795. The fraction of sp³-hybridized carbons (Fsp3) is 0.462. The van der Waals surface area contributed by atoms with Crippen molar-refractivity contribution >= 4 is 27.5 Å². The monoisotopic (exact) mass is 294 g/mol. The van der Waals surface area contributed by atoms with Crippen LogP contribution in [0.5, 0.6) is 0 Å². The van der Waals surface area contributed by atoms with Gasteiger partial charge in [-0.2, -0.15) is 0 Å². The van der Waals surface area contributed by atoms with Crippen LogP contribution in [0.4, 0.5) is 0 Å². The summed E-state index contributed by atoms with van der Waals surface area (Å²) in [5, 5.41) is 11.1. The Hall–Kier alpha value is -1.89. The van der Waals surface area contributed by atoms with E-state index >= 15 is 0 Å². The standard InChI is InChI=1S/C13H14N2O4S/c1-6-5-20-11-10(6)12(18)15(13(19)14-11)8-2-7(3-8)4-9(16)17/h5,7-8H,2-4H2,1H3,(H,14,19)(H,16,17). The van der Waals surface area contributed by atoms with Crippen molar-refractivity contribution in [3.8, 4) is 0 Å². The minimum atomic E-state index is -0.834. The number of hydrogen-bond donors (Lipinski definition) is 2. The second-order valence-electron chi connectivity index (χ2n) is 5.32. The number of rotatable bonds is 3. The first kappa shape index (κ1) is 13.1. The van der Waals surface area contributed by atoms with Crippen LogP contribution in [-0.4, -0.2) is 20.6 Å². The molecule has 0 unspecified atom stereocenters. The summed E-state index contributed by atoms with van der Waals surface area (Å²) in [5.74, 6) is -0.776. The van der Waals surface area contributed by atoms with Gasteiger partial charge in [0.15, 0.2) is 0 Å². The maximum absolute atomic E-state index is 12.4. The second kappa shape index (κ2) is 4.59. The Balaban J connectivity index is 1.97. The summed E-state index contributed by atoms with van der Waals surface area (Å²) in [6, 6.07) is -0.181. The highest BCUT2D eigenvalue weighted by molar-refractivity contribution is 7.16. The summed E-state index contributed by atoms with van der Waals surface area (Å²) >= 11 is 1.35. The van der Waals surface area contributed by atoms with E-state index in [2.05, 4.69) is 4.98 Å². The zero-order valence-corrected chi connectivity index (χ0v) is 11.7. The summed E-state index contributed by atoms with van der Waals surface area (Å²) in [4.78, 5) is 38.4. The lowest BCUT2D eigenvalue weighted by Gasteiger charge is -2.34. The van der Waals surface area contributed by atoms with Gasteiger partial charge in [-0.05, 0) is 36.6 Å². The molecule has 0 saturated heterocycles. The molecule has 7 heteroatoms. The number of aromatic nitrogens is 2. The molecule has 106 valence electrons. The smallest absolute Gasteiger partial charge is 0.329 e. The highest BCUT2D eigenvalue weighted by Gasteiger charge is 2.34. The molecule has 1 aliphatic carbocycles. The van der Waals surface area contributed by atoms with Gasteiger partial charge in [0.2, 0.25) is 0 Å². The first-order valence-corrected chi connectivity index (χ1v) is 7.29. The zero-order chi connectivity index (χ0) is 14.4. The summed E-state index contributed by atoms with van der Waals surface area (Å²) in [6.45, 7) is 1.84. The molecule has 0 aliphatic heterocycles. The predicted octanol–water partition coefficient (Wildman–Crippen LogP) is 1.49. The van der Waals surface area contributed by atoms with Crippen molar-refractivity contribution in [1.82, 2.24) is 9.55 Å². The van der Waals surface area contributed by atoms with Crippen LogP contribution in [0.3, 0.4) is 0 Å². The third kappa shape index (κ3) is 1.98. The summed E-state index contributed by atoms with van der Waals surface area (Å²) in [5.41, 5.74) is 0.200. The van der Waals surface area contributed by atoms with E-state index in [9.17, 15) is 14.4 Å². The number of fused-ring (bicyclic) bond motifs is 1. The van der Waals surface area contributed by atoms with Crippen LogP contribution < -0.4 is 11.2 Å².